The molecule has 1 aliphatic heterocycles. The second-order valence-electron chi connectivity index (χ2n) is 6.35. The van der Waals surface area contributed by atoms with Crippen LogP contribution in [0.15, 0.2) is 52.1 Å². The number of halogens is 4. The maximum absolute atomic E-state index is 14.3. The van der Waals surface area contributed by atoms with Gasteiger partial charge in [-0.15, -0.1) is 0 Å². The van der Waals surface area contributed by atoms with Gasteiger partial charge < -0.3 is 4.74 Å². The SMILES string of the molecule is O=C(NC1=N[C@@](c2cc(Br)cnc2F)(C(F)F)[C@H]2C[C@H]2O1)c1ccccc1. The van der Waals surface area contributed by atoms with Crippen molar-refractivity contribution in [2.45, 2.75) is 24.5 Å². The number of hydrogen-bond donors (Lipinski definition) is 1. The topological polar surface area (TPSA) is 63.6 Å². The molecule has 0 unspecified atom stereocenters. The number of fused-ring (bicyclic) bond motifs is 1. The molecule has 1 saturated carbocycles. The van der Waals surface area contributed by atoms with E-state index in [2.05, 4.69) is 31.2 Å². The van der Waals surface area contributed by atoms with Crippen LogP contribution in [0.5, 0.6) is 0 Å². The number of nitrogens with zero attached hydrogens (tertiary/aromatic N) is 2. The summed E-state index contributed by atoms with van der Waals surface area (Å²) in [4.78, 5) is 19.8. The first kappa shape index (κ1) is 18.0. The van der Waals surface area contributed by atoms with Crippen molar-refractivity contribution in [1.29, 1.82) is 0 Å². The molecule has 2 aliphatic rings. The Bertz CT molecular complexity index is 925. The highest BCUT2D eigenvalue weighted by molar-refractivity contribution is 9.10. The van der Waals surface area contributed by atoms with E-state index in [-0.39, 0.29) is 18.0 Å². The number of amidine groups is 1. The number of carbonyl (C=O) groups is 1. The summed E-state index contributed by atoms with van der Waals surface area (Å²) in [5.41, 5.74) is -2.17. The van der Waals surface area contributed by atoms with Crippen LogP contribution in [-0.2, 0) is 10.3 Å². The Hall–Kier alpha value is -2.42. The van der Waals surface area contributed by atoms with Crippen LogP contribution in [0.25, 0.3) is 0 Å². The van der Waals surface area contributed by atoms with E-state index in [0.29, 0.717) is 10.0 Å². The zero-order chi connectivity index (χ0) is 19.2. The zero-order valence-electron chi connectivity index (χ0n) is 13.7. The van der Waals surface area contributed by atoms with Gasteiger partial charge in [0.05, 0.1) is 0 Å². The Kier molecular flexibility index (Phi) is 4.41. The van der Waals surface area contributed by atoms with Crippen molar-refractivity contribution >= 4 is 27.9 Å². The monoisotopic (exact) mass is 439 g/mol. The molecule has 3 atom stereocenters. The van der Waals surface area contributed by atoms with E-state index < -0.39 is 35.8 Å². The van der Waals surface area contributed by atoms with E-state index in [9.17, 15) is 18.0 Å². The van der Waals surface area contributed by atoms with Gasteiger partial charge >= 0.3 is 0 Å². The van der Waals surface area contributed by atoms with Crippen LogP contribution >= 0.6 is 15.9 Å². The summed E-state index contributed by atoms with van der Waals surface area (Å²) in [7, 11) is 0. The summed E-state index contributed by atoms with van der Waals surface area (Å²) in [6.07, 6.45) is -2.11. The van der Waals surface area contributed by atoms with Gasteiger partial charge in [0, 0.05) is 27.7 Å². The molecule has 1 aromatic heterocycles. The van der Waals surface area contributed by atoms with Gasteiger partial charge in [0.25, 0.3) is 18.4 Å². The minimum atomic E-state index is -3.01. The molecule has 4 rings (SSSR count). The van der Waals surface area contributed by atoms with Crippen LogP contribution in [0.3, 0.4) is 0 Å². The van der Waals surface area contributed by atoms with Crippen LogP contribution in [0, 0.1) is 11.9 Å². The lowest BCUT2D eigenvalue weighted by molar-refractivity contribution is 0.0161. The number of nitrogens with one attached hydrogen (secondary N) is 1. The largest absolute Gasteiger partial charge is 0.461 e. The minimum Gasteiger partial charge on any atom is -0.461 e. The van der Waals surface area contributed by atoms with Gasteiger partial charge in [0.1, 0.15) is 6.10 Å². The molecule has 1 amide bonds. The molecule has 0 saturated heterocycles. The third-order valence-electron chi connectivity index (χ3n) is 4.67. The lowest BCUT2D eigenvalue weighted by atomic mass is 9.86. The average Bonchev–Trinajstić information content (AvgIpc) is 3.43. The molecule has 0 bridgehead atoms. The predicted molar refractivity (Wildman–Crippen MR) is 93.9 cm³/mol. The van der Waals surface area contributed by atoms with Gasteiger partial charge in [-0.05, 0) is 40.5 Å². The number of carbonyl (C=O) groups excluding carboxylic acids is 1. The predicted octanol–water partition coefficient (Wildman–Crippen LogP) is 3.65. The van der Waals surface area contributed by atoms with Crippen molar-refractivity contribution < 1.29 is 22.7 Å². The lowest BCUT2D eigenvalue weighted by Gasteiger charge is -2.33. The third kappa shape index (κ3) is 3.09. The van der Waals surface area contributed by atoms with E-state index in [1.165, 1.54) is 12.3 Å². The first-order valence-corrected chi connectivity index (χ1v) is 8.93. The molecule has 5 nitrogen and oxygen atoms in total. The Balaban J connectivity index is 1.74. The van der Waals surface area contributed by atoms with E-state index in [1.54, 1.807) is 30.3 Å². The van der Waals surface area contributed by atoms with E-state index in [4.69, 9.17) is 4.74 Å². The molecular weight excluding hydrogens is 427 g/mol. The molecule has 0 spiro atoms. The molecule has 1 N–H and O–H groups in total. The summed E-state index contributed by atoms with van der Waals surface area (Å²) in [5.74, 6) is -2.27. The van der Waals surface area contributed by atoms with Gasteiger partial charge in [-0.1, -0.05) is 18.2 Å². The fourth-order valence-corrected chi connectivity index (χ4v) is 3.62. The molecule has 9 heteroatoms. The van der Waals surface area contributed by atoms with Crippen LogP contribution in [0.1, 0.15) is 22.3 Å². The number of alkyl halides is 2. The van der Waals surface area contributed by atoms with Crippen LogP contribution < -0.4 is 5.32 Å². The molecule has 1 fully saturated rings. The van der Waals surface area contributed by atoms with Crippen molar-refractivity contribution in [3.8, 4) is 0 Å². The number of hydrogen-bond acceptors (Lipinski definition) is 4. The maximum atomic E-state index is 14.3. The molecule has 1 aliphatic carbocycles. The number of pyridine rings is 1. The van der Waals surface area contributed by atoms with E-state index in [1.807, 2.05) is 0 Å². The average molecular weight is 440 g/mol. The smallest absolute Gasteiger partial charge is 0.293 e. The molecule has 27 heavy (non-hydrogen) atoms. The van der Waals surface area contributed by atoms with Crippen molar-refractivity contribution in [2.24, 2.45) is 10.9 Å². The van der Waals surface area contributed by atoms with Gasteiger partial charge in [0.15, 0.2) is 5.54 Å². The van der Waals surface area contributed by atoms with Crippen molar-refractivity contribution in [3.63, 3.8) is 0 Å². The highest BCUT2D eigenvalue weighted by Gasteiger charge is 2.64. The highest BCUT2D eigenvalue weighted by Crippen LogP contribution is 2.56. The van der Waals surface area contributed by atoms with Crippen molar-refractivity contribution in [2.75, 3.05) is 0 Å². The van der Waals surface area contributed by atoms with Crippen LogP contribution in [0.4, 0.5) is 13.2 Å². The Morgan fingerprint density at radius 2 is 2.07 bits per heavy atom. The molecule has 2 heterocycles. The van der Waals surface area contributed by atoms with Gasteiger partial charge in [-0.25, -0.2) is 18.8 Å². The van der Waals surface area contributed by atoms with Gasteiger partial charge in [-0.2, -0.15) is 4.39 Å². The number of rotatable bonds is 3. The maximum Gasteiger partial charge on any atom is 0.293 e. The highest BCUT2D eigenvalue weighted by atomic mass is 79.9. The number of aromatic nitrogens is 1. The number of amides is 1. The summed E-state index contributed by atoms with van der Waals surface area (Å²) < 4.78 is 48.6. The minimum absolute atomic E-state index is 0.282. The molecular formula is C18H13BrF3N3O2. The summed E-state index contributed by atoms with van der Waals surface area (Å²) in [6.45, 7) is 0. The zero-order valence-corrected chi connectivity index (χ0v) is 15.3. The molecule has 0 radical (unpaired) electrons. The summed E-state index contributed by atoms with van der Waals surface area (Å²) in [5, 5.41) is 2.41. The van der Waals surface area contributed by atoms with Crippen LogP contribution in [-0.4, -0.2) is 29.4 Å². The first-order chi connectivity index (χ1) is 12.9. The van der Waals surface area contributed by atoms with Gasteiger partial charge in [0.2, 0.25) is 5.95 Å². The number of ether oxygens (including phenoxy) is 1. The normalized spacial score (nSPS) is 26.0. The number of benzene rings is 1. The van der Waals surface area contributed by atoms with E-state index >= 15 is 0 Å². The Morgan fingerprint density at radius 3 is 2.78 bits per heavy atom. The van der Waals surface area contributed by atoms with E-state index in [0.717, 1.165) is 0 Å². The standard InChI is InChI=1S/C18H13BrF3N3O2/c19-10-6-12(14(20)23-8-10)18(16(21)22)11-7-13(11)27-17(25-18)24-15(26)9-4-2-1-3-5-9/h1-6,8,11,13,16H,7H2,(H,24,25,26)/t11-,13+,18-/m0/s1. The molecule has 140 valence electrons. The second kappa shape index (κ2) is 6.63. The van der Waals surface area contributed by atoms with Crippen LogP contribution in [0.2, 0.25) is 0 Å². The summed E-state index contributed by atoms with van der Waals surface area (Å²) >= 11 is 3.13. The van der Waals surface area contributed by atoms with Gasteiger partial charge in [-0.3, -0.25) is 10.1 Å². The van der Waals surface area contributed by atoms with Crippen molar-refractivity contribution in [3.05, 3.63) is 64.1 Å². The first-order valence-electron chi connectivity index (χ1n) is 8.14. The lowest BCUT2D eigenvalue weighted by Crippen LogP contribution is -2.46. The fourth-order valence-electron chi connectivity index (χ4n) is 3.29. The fraction of sp³-hybridized carbons (Fsp3) is 0.278. The second-order valence-corrected chi connectivity index (χ2v) is 7.27. The Labute approximate surface area is 160 Å². The molecule has 1 aromatic carbocycles. The summed E-state index contributed by atoms with van der Waals surface area (Å²) in [6, 6.07) is 9.11. The van der Waals surface area contributed by atoms with Crippen molar-refractivity contribution in [1.82, 2.24) is 10.3 Å². The Morgan fingerprint density at radius 1 is 1.33 bits per heavy atom. The molecule has 2 aromatic rings. The number of aliphatic imine (C=N–C) groups is 1. The quantitative estimate of drug-likeness (QED) is 0.742. The third-order valence-corrected chi connectivity index (χ3v) is 5.11.